The molecule has 4 rings (SSSR count). The van der Waals surface area contributed by atoms with Gasteiger partial charge in [-0.25, -0.2) is 9.67 Å². The SMILES string of the molecule is Cn1ccnc1SCc1ccc(C(=O)NCCc2ccn(-c3ccccc3)n2)o1. The minimum Gasteiger partial charge on any atom is -0.455 e. The van der Waals surface area contributed by atoms with Gasteiger partial charge in [-0.1, -0.05) is 30.0 Å². The van der Waals surface area contributed by atoms with E-state index in [1.165, 1.54) is 0 Å². The Morgan fingerprint density at radius 1 is 1.14 bits per heavy atom. The van der Waals surface area contributed by atoms with E-state index in [-0.39, 0.29) is 5.91 Å². The van der Waals surface area contributed by atoms with Gasteiger partial charge in [0.05, 0.1) is 17.1 Å². The van der Waals surface area contributed by atoms with Crippen molar-refractivity contribution in [1.82, 2.24) is 24.6 Å². The van der Waals surface area contributed by atoms with Crippen LogP contribution in [0.1, 0.15) is 22.0 Å². The van der Waals surface area contributed by atoms with Gasteiger partial charge in [-0.05, 0) is 30.3 Å². The van der Waals surface area contributed by atoms with E-state index in [9.17, 15) is 4.79 Å². The van der Waals surface area contributed by atoms with Crippen LogP contribution >= 0.6 is 11.8 Å². The summed E-state index contributed by atoms with van der Waals surface area (Å²) in [7, 11) is 1.94. The topological polar surface area (TPSA) is 77.9 Å². The molecule has 0 aliphatic carbocycles. The van der Waals surface area contributed by atoms with Crippen LogP contribution in [-0.4, -0.2) is 31.8 Å². The molecule has 0 aliphatic rings. The van der Waals surface area contributed by atoms with Gasteiger partial charge in [0.1, 0.15) is 5.76 Å². The van der Waals surface area contributed by atoms with Gasteiger partial charge in [0, 0.05) is 38.6 Å². The summed E-state index contributed by atoms with van der Waals surface area (Å²) >= 11 is 1.56. The zero-order valence-corrected chi connectivity index (χ0v) is 16.8. The Labute approximate surface area is 172 Å². The number of carbonyl (C=O) groups is 1. The Morgan fingerprint density at radius 2 is 2.00 bits per heavy atom. The number of thioether (sulfide) groups is 1. The van der Waals surface area contributed by atoms with Crippen molar-refractivity contribution in [2.75, 3.05) is 6.54 Å². The lowest BCUT2D eigenvalue weighted by molar-refractivity contribution is 0.0925. The molecule has 0 saturated carbocycles. The van der Waals surface area contributed by atoms with E-state index in [0.29, 0.717) is 24.5 Å². The fraction of sp³-hybridized carbons (Fsp3) is 0.190. The normalized spacial score (nSPS) is 10.9. The van der Waals surface area contributed by atoms with Gasteiger partial charge < -0.3 is 14.3 Å². The van der Waals surface area contributed by atoms with E-state index in [4.69, 9.17) is 4.42 Å². The molecule has 0 bridgehead atoms. The summed E-state index contributed by atoms with van der Waals surface area (Å²) in [4.78, 5) is 16.6. The van der Waals surface area contributed by atoms with Crippen molar-refractivity contribution in [1.29, 1.82) is 0 Å². The van der Waals surface area contributed by atoms with E-state index < -0.39 is 0 Å². The Kier molecular flexibility index (Phi) is 5.81. The van der Waals surface area contributed by atoms with E-state index >= 15 is 0 Å². The predicted octanol–water partition coefficient (Wildman–Crippen LogP) is 3.46. The molecule has 0 aliphatic heterocycles. The fourth-order valence-corrected chi connectivity index (χ4v) is 3.64. The second-order valence-corrected chi connectivity index (χ2v) is 7.41. The maximum Gasteiger partial charge on any atom is 0.287 e. The quantitative estimate of drug-likeness (QED) is 0.453. The van der Waals surface area contributed by atoms with Gasteiger partial charge in [0.15, 0.2) is 10.9 Å². The molecule has 148 valence electrons. The molecule has 0 atom stereocenters. The first-order chi connectivity index (χ1) is 14.2. The second kappa shape index (κ2) is 8.83. The van der Waals surface area contributed by atoms with Crippen LogP contribution in [0.3, 0.4) is 0 Å². The van der Waals surface area contributed by atoms with Crippen LogP contribution in [0.2, 0.25) is 0 Å². The van der Waals surface area contributed by atoms with Crippen LogP contribution in [0.4, 0.5) is 0 Å². The summed E-state index contributed by atoms with van der Waals surface area (Å²) in [6, 6.07) is 15.4. The number of nitrogens with one attached hydrogen (secondary N) is 1. The summed E-state index contributed by atoms with van der Waals surface area (Å²) in [6.45, 7) is 0.489. The van der Waals surface area contributed by atoms with Gasteiger partial charge >= 0.3 is 0 Å². The molecule has 29 heavy (non-hydrogen) atoms. The lowest BCUT2D eigenvalue weighted by atomic mass is 10.3. The van der Waals surface area contributed by atoms with E-state index in [1.54, 1.807) is 24.0 Å². The molecule has 1 N–H and O–H groups in total. The molecule has 0 saturated heterocycles. The predicted molar refractivity (Wildman–Crippen MR) is 111 cm³/mol. The Hall–Kier alpha value is -3.26. The Balaban J connectivity index is 1.25. The number of aromatic nitrogens is 4. The van der Waals surface area contributed by atoms with E-state index in [0.717, 1.165) is 22.3 Å². The van der Waals surface area contributed by atoms with Gasteiger partial charge in [0.25, 0.3) is 5.91 Å². The highest BCUT2D eigenvalue weighted by Gasteiger charge is 2.12. The van der Waals surface area contributed by atoms with Crippen LogP contribution in [0, 0.1) is 0 Å². The number of aryl methyl sites for hydroxylation is 1. The van der Waals surface area contributed by atoms with Crippen molar-refractivity contribution >= 4 is 17.7 Å². The summed E-state index contributed by atoms with van der Waals surface area (Å²) < 4.78 is 9.43. The summed E-state index contributed by atoms with van der Waals surface area (Å²) in [5, 5.41) is 8.33. The standard InChI is InChI=1S/C21H21N5O2S/c1-25-14-12-23-21(25)29-15-18-7-8-19(28-18)20(27)22-11-9-16-10-13-26(24-16)17-5-3-2-4-6-17/h2-8,10,12-14H,9,11,15H2,1H3,(H,22,27). The molecule has 1 amide bonds. The molecule has 3 aromatic heterocycles. The van der Waals surface area contributed by atoms with Crippen LogP contribution < -0.4 is 5.32 Å². The first kappa shape index (κ1) is 19.1. The molecule has 4 aromatic rings. The number of carbonyl (C=O) groups excluding carboxylic acids is 1. The third-order valence-electron chi connectivity index (χ3n) is 4.34. The van der Waals surface area contributed by atoms with Crippen LogP contribution in [0.15, 0.2) is 76.7 Å². The van der Waals surface area contributed by atoms with E-state index in [2.05, 4.69) is 15.4 Å². The zero-order chi connectivity index (χ0) is 20.1. The highest BCUT2D eigenvalue weighted by molar-refractivity contribution is 7.98. The monoisotopic (exact) mass is 407 g/mol. The molecule has 1 aromatic carbocycles. The number of nitrogens with zero attached hydrogens (tertiary/aromatic N) is 4. The molecule has 3 heterocycles. The van der Waals surface area contributed by atoms with Gasteiger partial charge in [-0.3, -0.25) is 4.79 Å². The van der Waals surface area contributed by atoms with Crippen LogP contribution in [0.25, 0.3) is 5.69 Å². The van der Waals surface area contributed by atoms with E-state index in [1.807, 2.05) is 71.2 Å². The summed E-state index contributed by atoms with van der Waals surface area (Å²) in [6.07, 6.45) is 6.22. The maximum atomic E-state index is 12.3. The largest absolute Gasteiger partial charge is 0.455 e. The fourth-order valence-electron chi connectivity index (χ4n) is 2.81. The average molecular weight is 407 g/mol. The first-order valence-corrected chi connectivity index (χ1v) is 10.2. The minimum absolute atomic E-state index is 0.222. The van der Waals surface area contributed by atoms with Crippen molar-refractivity contribution in [2.24, 2.45) is 7.05 Å². The number of imidazole rings is 1. The lowest BCUT2D eigenvalue weighted by Crippen LogP contribution is -2.25. The van der Waals surface area contributed by atoms with Crippen molar-refractivity contribution in [3.8, 4) is 5.69 Å². The van der Waals surface area contributed by atoms with Crippen molar-refractivity contribution in [2.45, 2.75) is 17.3 Å². The number of hydrogen-bond acceptors (Lipinski definition) is 5. The molecule has 0 spiro atoms. The average Bonchev–Trinajstić information content (AvgIpc) is 3.48. The third-order valence-corrected chi connectivity index (χ3v) is 5.42. The highest BCUT2D eigenvalue weighted by Crippen LogP contribution is 2.21. The van der Waals surface area contributed by atoms with Gasteiger partial charge in [-0.2, -0.15) is 5.10 Å². The maximum absolute atomic E-state index is 12.3. The number of hydrogen-bond donors (Lipinski definition) is 1. The molecule has 0 radical (unpaired) electrons. The summed E-state index contributed by atoms with van der Waals surface area (Å²) in [5.41, 5.74) is 1.93. The van der Waals surface area contributed by atoms with Crippen molar-refractivity contribution < 1.29 is 9.21 Å². The number of benzene rings is 1. The lowest BCUT2D eigenvalue weighted by Gasteiger charge is -2.02. The minimum atomic E-state index is -0.222. The molecular weight excluding hydrogens is 386 g/mol. The number of furan rings is 1. The van der Waals surface area contributed by atoms with Crippen LogP contribution in [-0.2, 0) is 19.2 Å². The van der Waals surface area contributed by atoms with Gasteiger partial charge in [0.2, 0.25) is 0 Å². The zero-order valence-electron chi connectivity index (χ0n) is 16.0. The first-order valence-electron chi connectivity index (χ1n) is 9.26. The van der Waals surface area contributed by atoms with Crippen molar-refractivity contribution in [3.05, 3.63) is 84.3 Å². The number of amides is 1. The third kappa shape index (κ3) is 4.78. The number of para-hydroxylation sites is 1. The molecule has 0 fully saturated rings. The molecule has 8 heteroatoms. The highest BCUT2D eigenvalue weighted by atomic mass is 32.2. The molecule has 0 unspecified atom stereocenters. The summed E-state index contributed by atoms with van der Waals surface area (Å²) in [5.74, 6) is 1.45. The number of rotatable bonds is 8. The van der Waals surface area contributed by atoms with Crippen molar-refractivity contribution in [3.63, 3.8) is 0 Å². The Morgan fingerprint density at radius 3 is 2.79 bits per heavy atom. The van der Waals surface area contributed by atoms with Gasteiger partial charge in [-0.15, -0.1) is 0 Å². The molecular formula is C21H21N5O2S. The molecule has 7 nitrogen and oxygen atoms in total. The smallest absolute Gasteiger partial charge is 0.287 e. The van der Waals surface area contributed by atoms with Crippen LogP contribution in [0.5, 0.6) is 0 Å². The second-order valence-electron chi connectivity index (χ2n) is 6.47. The Bertz CT molecular complexity index is 1080.